The quantitative estimate of drug-likeness (QED) is 0.839. The number of carbonyl (C=O) groups is 1. The Balaban J connectivity index is 2.42. The second-order valence-electron chi connectivity index (χ2n) is 3.98. The Bertz CT molecular complexity index is 396. The molecule has 1 rings (SSSR count). The zero-order chi connectivity index (χ0) is 12.8. The van der Waals surface area contributed by atoms with E-state index in [2.05, 4.69) is 48.9 Å². The standard InChI is InChI=1S/C12H15Br2NO2/c1-15(6-2-3-12(16)17)8-9-4-5-10(13)11(14)7-9/h4-5,7H,2-3,6,8H2,1H3,(H,16,17). The Labute approximate surface area is 118 Å². The van der Waals surface area contributed by atoms with E-state index in [9.17, 15) is 4.79 Å². The van der Waals surface area contributed by atoms with Crippen LogP contribution in [0.5, 0.6) is 0 Å². The summed E-state index contributed by atoms with van der Waals surface area (Å²) in [5.74, 6) is -0.732. The first-order valence-corrected chi connectivity index (χ1v) is 6.92. The van der Waals surface area contributed by atoms with E-state index < -0.39 is 5.97 Å². The Hall–Kier alpha value is -0.390. The molecule has 0 radical (unpaired) electrons. The highest BCUT2D eigenvalue weighted by molar-refractivity contribution is 9.13. The minimum atomic E-state index is -0.732. The van der Waals surface area contributed by atoms with Crippen molar-refractivity contribution in [1.29, 1.82) is 0 Å². The number of halogens is 2. The van der Waals surface area contributed by atoms with Gasteiger partial charge >= 0.3 is 5.97 Å². The topological polar surface area (TPSA) is 40.5 Å². The highest BCUT2D eigenvalue weighted by Crippen LogP contribution is 2.24. The molecule has 0 aliphatic carbocycles. The molecule has 3 nitrogen and oxygen atoms in total. The molecule has 0 saturated carbocycles. The zero-order valence-electron chi connectivity index (χ0n) is 9.62. The number of aliphatic carboxylic acids is 1. The number of nitrogens with zero attached hydrogens (tertiary/aromatic N) is 1. The van der Waals surface area contributed by atoms with Crippen LogP contribution in [0.15, 0.2) is 27.1 Å². The summed E-state index contributed by atoms with van der Waals surface area (Å²) in [5.41, 5.74) is 1.21. The number of carboxylic acid groups (broad SMARTS) is 1. The molecule has 0 fully saturated rings. The summed E-state index contributed by atoms with van der Waals surface area (Å²) in [7, 11) is 2.00. The van der Waals surface area contributed by atoms with Crippen molar-refractivity contribution in [2.75, 3.05) is 13.6 Å². The van der Waals surface area contributed by atoms with Crippen LogP contribution in [0.25, 0.3) is 0 Å². The summed E-state index contributed by atoms with van der Waals surface area (Å²) < 4.78 is 2.07. The van der Waals surface area contributed by atoms with E-state index in [1.807, 2.05) is 13.1 Å². The van der Waals surface area contributed by atoms with Gasteiger partial charge in [-0.15, -0.1) is 0 Å². The van der Waals surface area contributed by atoms with Crippen molar-refractivity contribution in [2.24, 2.45) is 0 Å². The van der Waals surface area contributed by atoms with E-state index in [4.69, 9.17) is 5.11 Å². The number of carboxylic acids is 1. The zero-order valence-corrected chi connectivity index (χ0v) is 12.8. The molecule has 5 heteroatoms. The molecule has 1 aromatic carbocycles. The first kappa shape index (κ1) is 14.7. The lowest BCUT2D eigenvalue weighted by atomic mass is 10.2. The Morgan fingerprint density at radius 2 is 2.06 bits per heavy atom. The van der Waals surface area contributed by atoms with Gasteiger partial charge in [0.2, 0.25) is 0 Å². The number of benzene rings is 1. The molecule has 0 saturated heterocycles. The molecular weight excluding hydrogens is 350 g/mol. The van der Waals surface area contributed by atoms with Crippen LogP contribution in [-0.2, 0) is 11.3 Å². The van der Waals surface area contributed by atoms with E-state index in [1.54, 1.807) is 0 Å². The summed E-state index contributed by atoms with van der Waals surface area (Å²) >= 11 is 6.89. The van der Waals surface area contributed by atoms with Gasteiger partial charge in [0.05, 0.1) is 0 Å². The van der Waals surface area contributed by atoms with Crippen molar-refractivity contribution in [1.82, 2.24) is 4.90 Å². The van der Waals surface area contributed by atoms with Crippen molar-refractivity contribution < 1.29 is 9.90 Å². The first-order valence-electron chi connectivity index (χ1n) is 5.33. The molecule has 1 N–H and O–H groups in total. The maximum absolute atomic E-state index is 10.4. The van der Waals surface area contributed by atoms with Crippen molar-refractivity contribution in [3.05, 3.63) is 32.7 Å². The Kier molecular flexibility index (Phi) is 6.16. The number of hydrogen-bond donors (Lipinski definition) is 1. The van der Waals surface area contributed by atoms with Crippen LogP contribution >= 0.6 is 31.9 Å². The van der Waals surface area contributed by atoms with Gasteiger partial charge in [-0.05, 0) is 69.6 Å². The van der Waals surface area contributed by atoms with Crippen LogP contribution in [0.2, 0.25) is 0 Å². The van der Waals surface area contributed by atoms with Crippen molar-refractivity contribution in [3.63, 3.8) is 0 Å². The van der Waals surface area contributed by atoms with Crippen molar-refractivity contribution in [3.8, 4) is 0 Å². The lowest BCUT2D eigenvalue weighted by molar-refractivity contribution is -0.137. The summed E-state index contributed by atoms with van der Waals surface area (Å²) in [6.45, 7) is 1.62. The molecule has 1 aromatic rings. The van der Waals surface area contributed by atoms with Gasteiger partial charge in [-0.1, -0.05) is 6.07 Å². The monoisotopic (exact) mass is 363 g/mol. The highest BCUT2D eigenvalue weighted by atomic mass is 79.9. The van der Waals surface area contributed by atoms with Gasteiger partial charge < -0.3 is 10.0 Å². The molecule has 0 unspecified atom stereocenters. The van der Waals surface area contributed by atoms with Crippen LogP contribution in [0.3, 0.4) is 0 Å². The van der Waals surface area contributed by atoms with E-state index in [0.29, 0.717) is 6.42 Å². The van der Waals surface area contributed by atoms with Crippen molar-refractivity contribution in [2.45, 2.75) is 19.4 Å². The minimum Gasteiger partial charge on any atom is -0.481 e. The van der Waals surface area contributed by atoms with Crippen LogP contribution in [0.1, 0.15) is 18.4 Å². The third kappa shape index (κ3) is 5.66. The van der Waals surface area contributed by atoms with Crippen LogP contribution < -0.4 is 0 Å². The van der Waals surface area contributed by atoms with E-state index in [1.165, 1.54) is 5.56 Å². The van der Waals surface area contributed by atoms with Gasteiger partial charge in [-0.25, -0.2) is 0 Å². The second kappa shape index (κ2) is 7.13. The largest absolute Gasteiger partial charge is 0.481 e. The first-order chi connectivity index (χ1) is 7.99. The average Bonchev–Trinajstić information content (AvgIpc) is 2.23. The van der Waals surface area contributed by atoms with Gasteiger partial charge in [-0.2, -0.15) is 0 Å². The molecule has 0 heterocycles. The van der Waals surface area contributed by atoms with Gasteiger partial charge in [0, 0.05) is 21.9 Å². The predicted molar refractivity (Wildman–Crippen MR) is 75.0 cm³/mol. The lowest BCUT2D eigenvalue weighted by Gasteiger charge is -2.16. The fraction of sp³-hybridized carbons (Fsp3) is 0.417. The third-order valence-electron chi connectivity index (χ3n) is 2.37. The second-order valence-corrected chi connectivity index (χ2v) is 5.69. The molecular formula is C12H15Br2NO2. The Morgan fingerprint density at radius 3 is 2.65 bits per heavy atom. The summed E-state index contributed by atoms with van der Waals surface area (Å²) in [6.07, 6.45) is 0.915. The van der Waals surface area contributed by atoms with Crippen molar-refractivity contribution >= 4 is 37.8 Å². The average molecular weight is 365 g/mol. The summed E-state index contributed by atoms with van der Waals surface area (Å²) in [4.78, 5) is 12.5. The van der Waals surface area contributed by atoms with Crippen LogP contribution in [-0.4, -0.2) is 29.6 Å². The molecule has 17 heavy (non-hydrogen) atoms. The van der Waals surface area contributed by atoms with Gasteiger partial charge in [0.25, 0.3) is 0 Å². The Morgan fingerprint density at radius 1 is 1.35 bits per heavy atom. The minimum absolute atomic E-state index is 0.231. The molecule has 0 bridgehead atoms. The maximum Gasteiger partial charge on any atom is 0.303 e. The molecule has 0 amide bonds. The van der Waals surface area contributed by atoms with Crippen LogP contribution in [0, 0.1) is 0 Å². The van der Waals surface area contributed by atoms with E-state index in [-0.39, 0.29) is 6.42 Å². The number of rotatable bonds is 6. The third-order valence-corrected chi connectivity index (χ3v) is 4.25. The summed E-state index contributed by atoms with van der Waals surface area (Å²) in [6, 6.07) is 6.13. The van der Waals surface area contributed by atoms with Gasteiger partial charge in [-0.3, -0.25) is 4.79 Å². The molecule has 0 aliphatic rings. The SMILES string of the molecule is CN(CCCC(=O)O)Cc1ccc(Br)c(Br)c1. The molecule has 0 aliphatic heterocycles. The van der Waals surface area contributed by atoms with Crippen LogP contribution in [0.4, 0.5) is 0 Å². The predicted octanol–water partition coefficient (Wildman–Crippen LogP) is 3.51. The van der Waals surface area contributed by atoms with Gasteiger partial charge in [0.1, 0.15) is 0 Å². The maximum atomic E-state index is 10.4. The molecule has 0 aromatic heterocycles. The molecule has 0 spiro atoms. The molecule has 94 valence electrons. The van der Waals surface area contributed by atoms with E-state index >= 15 is 0 Å². The fourth-order valence-electron chi connectivity index (χ4n) is 1.53. The smallest absolute Gasteiger partial charge is 0.303 e. The lowest BCUT2D eigenvalue weighted by Crippen LogP contribution is -2.19. The van der Waals surface area contributed by atoms with Gasteiger partial charge in [0.15, 0.2) is 0 Å². The number of hydrogen-bond acceptors (Lipinski definition) is 2. The normalized spacial score (nSPS) is 10.8. The highest BCUT2D eigenvalue weighted by Gasteiger charge is 2.04. The summed E-state index contributed by atoms with van der Waals surface area (Å²) in [5, 5.41) is 8.55. The molecule has 0 atom stereocenters. The fourth-order valence-corrected chi connectivity index (χ4v) is 2.20. The van der Waals surface area contributed by atoms with E-state index in [0.717, 1.165) is 22.0 Å².